The van der Waals surface area contributed by atoms with E-state index in [-0.39, 0.29) is 11.3 Å². The number of thioether (sulfide) groups is 1. The van der Waals surface area contributed by atoms with E-state index < -0.39 is 0 Å². The summed E-state index contributed by atoms with van der Waals surface area (Å²) in [4.78, 5) is 12.2. The van der Waals surface area contributed by atoms with Crippen LogP contribution in [0.5, 0.6) is 0 Å². The molecule has 0 radical (unpaired) electrons. The van der Waals surface area contributed by atoms with E-state index >= 15 is 0 Å². The predicted octanol–water partition coefficient (Wildman–Crippen LogP) is 1.91. The Labute approximate surface area is 108 Å². The van der Waals surface area contributed by atoms with Crippen LogP contribution in [0.2, 0.25) is 0 Å². The van der Waals surface area contributed by atoms with Crippen LogP contribution in [0.25, 0.3) is 0 Å². The van der Waals surface area contributed by atoms with Crippen molar-refractivity contribution in [2.24, 2.45) is 11.1 Å². The molecule has 1 amide bonds. The fraction of sp³-hybridized carbons (Fsp3) is 0.923. The quantitative estimate of drug-likeness (QED) is 0.808. The number of nitrogens with one attached hydrogen (secondary N) is 1. The van der Waals surface area contributed by atoms with E-state index in [0.29, 0.717) is 12.6 Å². The maximum absolute atomic E-state index is 12.2. The van der Waals surface area contributed by atoms with Crippen LogP contribution >= 0.6 is 11.8 Å². The van der Waals surface area contributed by atoms with Crippen molar-refractivity contribution in [1.82, 2.24) is 5.32 Å². The van der Waals surface area contributed by atoms with Crippen molar-refractivity contribution in [1.29, 1.82) is 0 Å². The number of rotatable bonds is 4. The second-order valence-corrected chi connectivity index (χ2v) is 6.66. The van der Waals surface area contributed by atoms with E-state index in [1.807, 2.05) is 11.8 Å². The minimum atomic E-state index is -0.212. The Morgan fingerprint density at radius 1 is 1.35 bits per heavy atom. The van der Waals surface area contributed by atoms with Crippen molar-refractivity contribution >= 4 is 17.7 Å². The Bertz CT molecular complexity index is 265. The van der Waals surface area contributed by atoms with E-state index in [1.165, 1.54) is 12.8 Å². The minimum Gasteiger partial charge on any atom is -0.353 e. The van der Waals surface area contributed by atoms with Crippen LogP contribution in [-0.2, 0) is 4.79 Å². The number of carbonyl (C=O) groups excluding carboxylic acids is 1. The third-order valence-electron chi connectivity index (χ3n) is 4.53. The Morgan fingerprint density at radius 3 is 2.41 bits per heavy atom. The Hall–Kier alpha value is -0.220. The van der Waals surface area contributed by atoms with Crippen LogP contribution in [0.1, 0.15) is 44.9 Å². The summed E-state index contributed by atoms with van der Waals surface area (Å²) in [6, 6.07) is 0.398. The highest BCUT2D eigenvalue weighted by molar-refractivity contribution is 7.99. The molecule has 2 fully saturated rings. The monoisotopic (exact) mass is 256 g/mol. The number of carbonyl (C=O) groups is 1. The average Bonchev–Trinajstić information content (AvgIpc) is 2.29. The first-order chi connectivity index (χ1) is 8.20. The molecule has 2 aliphatic carbocycles. The lowest BCUT2D eigenvalue weighted by atomic mass is 9.68. The second kappa shape index (κ2) is 5.61. The summed E-state index contributed by atoms with van der Waals surface area (Å²) >= 11 is 1.96. The molecule has 4 heteroatoms. The van der Waals surface area contributed by atoms with Crippen LogP contribution in [0.4, 0.5) is 0 Å². The zero-order valence-corrected chi connectivity index (χ0v) is 11.5. The lowest BCUT2D eigenvalue weighted by molar-refractivity contribution is -0.136. The molecule has 0 saturated heterocycles. The first-order valence-electron chi connectivity index (χ1n) is 6.74. The van der Waals surface area contributed by atoms with Gasteiger partial charge >= 0.3 is 0 Å². The standard InChI is InChI=1S/C13H24N2OS/c1-17-11-5-3-10(4-6-11)15-12(16)13(9-14)7-2-8-13/h10-11H,2-9,14H2,1H3,(H,15,16). The molecule has 2 rings (SSSR count). The molecule has 3 nitrogen and oxygen atoms in total. The fourth-order valence-corrected chi connectivity index (χ4v) is 3.65. The number of hydrogen-bond donors (Lipinski definition) is 2. The lowest BCUT2D eigenvalue weighted by Crippen LogP contribution is -2.53. The number of amides is 1. The van der Waals surface area contributed by atoms with E-state index in [1.54, 1.807) is 0 Å². The molecular formula is C13H24N2OS. The molecule has 0 atom stereocenters. The normalized spacial score (nSPS) is 31.6. The lowest BCUT2D eigenvalue weighted by Gasteiger charge is -2.41. The van der Waals surface area contributed by atoms with Crippen molar-refractivity contribution in [3.05, 3.63) is 0 Å². The third kappa shape index (κ3) is 2.79. The van der Waals surface area contributed by atoms with Crippen molar-refractivity contribution in [3.8, 4) is 0 Å². The summed E-state index contributed by atoms with van der Waals surface area (Å²) in [6.07, 6.45) is 10.1. The molecule has 17 heavy (non-hydrogen) atoms. The highest BCUT2D eigenvalue weighted by Crippen LogP contribution is 2.40. The highest BCUT2D eigenvalue weighted by atomic mass is 32.2. The molecule has 3 N–H and O–H groups in total. The largest absolute Gasteiger partial charge is 0.353 e. The second-order valence-electron chi connectivity index (χ2n) is 5.52. The van der Waals surface area contributed by atoms with Crippen LogP contribution in [0.3, 0.4) is 0 Å². The van der Waals surface area contributed by atoms with Crippen molar-refractivity contribution in [2.75, 3.05) is 12.8 Å². The summed E-state index contributed by atoms with van der Waals surface area (Å²) in [6.45, 7) is 0.513. The molecule has 0 unspecified atom stereocenters. The zero-order valence-electron chi connectivity index (χ0n) is 10.7. The van der Waals surface area contributed by atoms with Gasteiger partial charge in [0.1, 0.15) is 0 Å². The highest BCUT2D eigenvalue weighted by Gasteiger charge is 2.43. The molecule has 2 saturated carbocycles. The predicted molar refractivity (Wildman–Crippen MR) is 73.0 cm³/mol. The Morgan fingerprint density at radius 2 is 2.00 bits per heavy atom. The molecule has 0 aromatic carbocycles. The fourth-order valence-electron chi connectivity index (χ4n) is 2.91. The van der Waals surface area contributed by atoms with Crippen molar-refractivity contribution in [2.45, 2.75) is 56.2 Å². The Kier molecular flexibility index (Phi) is 4.36. The molecule has 0 bridgehead atoms. The number of nitrogens with two attached hydrogens (primary N) is 1. The van der Waals surface area contributed by atoms with Gasteiger partial charge in [-0.25, -0.2) is 0 Å². The van der Waals surface area contributed by atoms with Gasteiger partial charge in [-0.15, -0.1) is 0 Å². The average molecular weight is 256 g/mol. The maximum Gasteiger partial charge on any atom is 0.227 e. The van der Waals surface area contributed by atoms with Gasteiger partial charge < -0.3 is 11.1 Å². The van der Waals surface area contributed by atoms with Gasteiger partial charge in [0.2, 0.25) is 5.91 Å². The smallest absolute Gasteiger partial charge is 0.227 e. The topological polar surface area (TPSA) is 55.1 Å². The molecule has 2 aliphatic rings. The molecule has 0 spiro atoms. The van der Waals surface area contributed by atoms with Gasteiger partial charge in [-0.1, -0.05) is 6.42 Å². The van der Waals surface area contributed by atoms with Crippen molar-refractivity contribution < 1.29 is 4.79 Å². The molecule has 0 aliphatic heterocycles. The van der Waals surface area contributed by atoms with Crippen LogP contribution in [-0.4, -0.2) is 30.0 Å². The van der Waals surface area contributed by atoms with Crippen LogP contribution < -0.4 is 11.1 Å². The van der Waals surface area contributed by atoms with Gasteiger partial charge in [-0.3, -0.25) is 4.79 Å². The third-order valence-corrected chi connectivity index (χ3v) is 5.66. The van der Waals surface area contributed by atoms with Gasteiger partial charge in [-0.05, 0) is 44.8 Å². The van der Waals surface area contributed by atoms with Crippen molar-refractivity contribution in [3.63, 3.8) is 0 Å². The van der Waals surface area contributed by atoms with E-state index in [0.717, 1.165) is 37.4 Å². The van der Waals surface area contributed by atoms with Gasteiger partial charge in [0.25, 0.3) is 0 Å². The minimum absolute atomic E-state index is 0.212. The van der Waals surface area contributed by atoms with E-state index in [4.69, 9.17) is 5.73 Å². The summed E-state index contributed by atoms with van der Waals surface area (Å²) < 4.78 is 0. The van der Waals surface area contributed by atoms with Gasteiger partial charge in [0, 0.05) is 17.8 Å². The zero-order chi connectivity index (χ0) is 12.3. The SMILES string of the molecule is CSC1CCC(NC(=O)C2(CN)CCC2)CC1. The molecule has 98 valence electrons. The summed E-state index contributed by atoms with van der Waals surface area (Å²) in [5, 5.41) is 4.03. The summed E-state index contributed by atoms with van der Waals surface area (Å²) in [7, 11) is 0. The van der Waals surface area contributed by atoms with Crippen LogP contribution in [0, 0.1) is 5.41 Å². The van der Waals surface area contributed by atoms with Crippen LogP contribution in [0.15, 0.2) is 0 Å². The molecular weight excluding hydrogens is 232 g/mol. The van der Waals surface area contributed by atoms with E-state index in [2.05, 4.69) is 11.6 Å². The van der Waals surface area contributed by atoms with Gasteiger partial charge in [0.15, 0.2) is 0 Å². The molecule has 0 heterocycles. The van der Waals surface area contributed by atoms with Gasteiger partial charge in [-0.2, -0.15) is 11.8 Å². The first kappa shape index (κ1) is 13.2. The van der Waals surface area contributed by atoms with Gasteiger partial charge in [0.05, 0.1) is 5.41 Å². The molecule has 0 aromatic heterocycles. The molecule has 0 aromatic rings. The summed E-state index contributed by atoms with van der Waals surface area (Å²) in [5.74, 6) is 0.221. The Balaban J connectivity index is 1.79. The first-order valence-corrected chi connectivity index (χ1v) is 8.03. The maximum atomic E-state index is 12.2. The van der Waals surface area contributed by atoms with E-state index in [9.17, 15) is 4.79 Å². The number of hydrogen-bond acceptors (Lipinski definition) is 3. The summed E-state index contributed by atoms with van der Waals surface area (Å²) in [5.41, 5.74) is 5.54.